The minimum atomic E-state index is -0.534. The fourth-order valence-electron chi connectivity index (χ4n) is 3.39. The van der Waals surface area contributed by atoms with Gasteiger partial charge < -0.3 is 10.6 Å². The lowest BCUT2D eigenvalue weighted by Gasteiger charge is -2.30. The average Bonchev–Trinajstić information content (AvgIpc) is 2.70. The van der Waals surface area contributed by atoms with Crippen molar-refractivity contribution >= 4 is 35.0 Å². The Labute approximate surface area is 180 Å². The number of hydrogen-bond donors (Lipinski definition) is 2. The van der Waals surface area contributed by atoms with Crippen LogP contribution in [-0.4, -0.2) is 11.7 Å². The van der Waals surface area contributed by atoms with Crippen molar-refractivity contribution in [3.8, 4) is 6.07 Å². The van der Waals surface area contributed by atoms with Gasteiger partial charge in [0.25, 0.3) is 5.91 Å². The number of nitrogens with zero attached hydrogens (tertiary/aromatic N) is 1. The molecule has 0 aromatic heterocycles. The summed E-state index contributed by atoms with van der Waals surface area (Å²) in [5.74, 6) is 0.0244. The molecule has 1 atom stereocenters. The van der Waals surface area contributed by atoms with Crippen LogP contribution in [0.4, 0.5) is 5.69 Å². The molecule has 2 aromatic carbocycles. The molecule has 4 nitrogen and oxygen atoms in total. The largest absolute Gasteiger partial charge is 0.353 e. The monoisotopic (exact) mass is 423 g/mol. The van der Waals surface area contributed by atoms with Gasteiger partial charge in [0.05, 0.1) is 22.6 Å². The van der Waals surface area contributed by atoms with Crippen molar-refractivity contribution in [3.05, 3.63) is 86.6 Å². The van der Waals surface area contributed by atoms with Gasteiger partial charge in [-0.15, -0.1) is 11.8 Å². The van der Waals surface area contributed by atoms with Crippen molar-refractivity contribution in [2.75, 3.05) is 11.1 Å². The molecule has 0 aliphatic carbocycles. The average molecular weight is 424 g/mol. The van der Waals surface area contributed by atoms with E-state index in [2.05, 4.69) is 16.7 Å². The first kappa shape index (κ1) is 21.0. The summed E-state index contributed by atoms with van der Waals surface area (Å²) in [7, 11) is 0. The van der Waals surface area contributed by atoms with Crippen LogP contribution in [0.5, 0.6) is 0 Å². The number of halogens is 1. The molecule has 0 unspecified atom stereocenters. The minimum absolute atomic E-state index is 0.248. The first-order valence-corrected chi connectivity index (χ1v) is 10.7. The van der Waals surface area contributed by atoms with Crippen LogP contribution in [0, 0.1) is 18.3 Å². The second-order valence-corrected chi connectivity index (χ2v) is 8.36. The summed E-state index contributed by atoms with van der Waals surface area (Å²) < 4.78 is 0. The molecular weight excluding hydrogens is 402 g/mol. The smallest absolute Gasteiger partial charge is 0.254 e. The Hall–Kier alpha value is -2.68. The Kier molecular flexibility index (Phi) is 6.68. The molecule has 0 saturated carbocycles. The zero-order valence-corrected chi connectivity index (χ0v) is 18.1. The molecular formula is C23H22ClN3OS. The number of anilines is 1. The molecule has 0 spiro atoms. The van der Waals surface area contributed by atoms with Gasteiger partial charge in [-0.05, 0) is 42.9 Å². The first-order chi connectivity index (χ1) is 14.0. The second-order valence-electron chi connectivity index (χ2n) is 6.67. The standard InChI is InChI=1S/C23H22ClN3OS/c1-4-29-23-17(13-25)21(16-10-6-7-11-18(16)24)20(15(3)26-23)22(28)27-19-12-8-5-9-14(19)2/h5-12,21,26H,4H2,1-3H3,(H,27,28)/t21-/m1/s1. The highest BCUT2D eigenvalue weighted by atomic mass is 35.5. The number of thioether (sulfide) groups is 1. The molecule has 1 aliphatic heterocycles. The quantitative estimate of drug-likeness (QED) is 0.643. The molecule has 2 N–H and O–H groups in total. The van der Waals surface area contributed by atoms with E-state index >= 15 is 0 Å². The number of para-hydroxylation sites is 1. The molecule has 1 aliphatic rings. The molecule has 6 heteroatoms. The Morgan fingerprint density at radius 2 is 1.90 bits per heavy atom. The number of rotatable bonds is 5. The lowest BCUT2D eigenvalue weighted by atomic mass is 9.82. The number of carbonyl (C=O) groups is 1. The van der Waals surface area contributed by atoms with E-state index in [4.69, 9.17) is 11.6 Å². The highest BCUT2D eigenvalue weighted by Gasteiger charge is 2.35. The van der Waals surface area contributed by atoms with E-state index < -0.39 is 5.92 Å². The normalized spacial score (nSPS) is 16.3. The number of nitrogens with one attached hydrogen (secondary N) is 2. The molecule has 0 fully saturated rings. The maximum Gasteiger partial charge on any atom is 0.254 e. The van der Waals surface area contributed by atoms with Crippen molar-refractivity contribution in [2.24, 2.45) is 0 Å². The van der Waals surface area contributed by atoms with Crippen LogP contribution in [0.15, 0.2) is 70.4 Å². The molecule has 2 aromatic rings. The number of carbonyl (C=O) groups excluding carboxylic acids is 1. The van der Waals surface area contributed by atoms with Gasteiger partial charge >= 0.3 is 0 Å². The van der Waals surface area contributed by atoms with Gasteiger partial charge in [-0.25, -0.2) is 0 Å². The van der Waals surface area contributed by atoms with Crippen molar-refractivity contribution in [1.29, 1.82) is 5.26 Å². The summed E-state index contributed by atoms with van der Waals surface area (Å²) in [5.41, 5.74) is 4.18. The van der Waals surface area contributed by atoms with Gasteiger partial charge in [-0.3, -0.25) is 4.79 Å². The van der Waals surface area contributed by atoms with E-state index in [1.165, 1.54) is 0 Å². The summed E-state index contributed by atoms with van der Waals surface area (Å²) in [6.45, 7) is 5.83. The van der Waals surface area contributed by atoms with Crippen LogP contribution >= 0.6 is 23.4 Å². The van der Waals surface area contributed by atoms with Crippen LogP contribution < -0.4 is 10.6 Å². The zero-order valence-electron chi connectivity index (χ0n) is 16.5. The van der Waals surface area contributed by atoms with Gasteiger partial charge in [0.2, 0.25) is 0 Å². The molecule has 0 bridgehead atoms. The molecule has 0 saturated heterocycles. The third-order valence-corrected chi connectivity index (χ3v) is 6.03. The Morgan fingerprint density at radius 3 is 2.55 bits per heavy atom. The second kappa shape index (κ2) is 9.21. The first-order valence-electron chi connectivity index (χ1n) is 9.34. The maximum absolute atomic E-state index is 13.4. The Bertz CT molecular complexity index is 1050. The van der Waals surface area contributed by atoms with E-state index in [9.17, 15) is 10.1 Å². The van der Waals surface area contributed by atoms with E-state index in [0.29, 0.717) is 16.2 Å². The van der Waals surface area contributed by atoms with E-state index in [1.807, 2.05) is 63.2 Å². The van der Waals surface area contributed by atoms with Crippen molar-refractivity contribution in [3.63, 3.8) is 0 Å². The van der Waals surface area contributed by atoms with Crippen LogP contribution in [0.2, 0.25) is 5.02 Å². The molecule has 3 rings (SSSR count). The highest BCUT2D eigenvalue weighted by molar-refractivity contribution is 8.03. The minimum Gasteiger partial charge on any atom is -0.353 e. The molecule has 0 radical (unpaired) electrons. The van der Waals surface area contributed by atoms with Crippen molar-refractivity contribution < 1.29 is 4.79 Å². The van der Waals surface area contributed by atoms with E-state index in [0.717, 1.165) is 33.3 Å². The fraction of sp³-hybridized carbons (Fsp3) is 0.217. The Morgan fingerprint density at radius 1 is 1.21 bits per heavy atom. The number of hydrogen-bond acceptors (Lipinski definition) is 4. The topological polar surface area (TPSA) is 64.9 Å². The van der Waals surface area contributed by atoms with Crippen molar-refractivity contribution in [1.82, 2.24) is 5.32 Å². The number of nitriles is 1. The van der Waals surface area contributed by atoms with Crippen LogP contribution in [0.1, 0.15) is 30.9 Å². The number of benzene rings is 2. The van der Waals surface area contributed by atoms with Gasteiger partial charge in [0, 0.05) is 22.0 Å². The summed E-state index contributed by atoms with van der Waals surface area (Å²) in [5, 5.41) is 17.5. The van der Waals surface area contributed by atoms with Gasteiger partial charge in [-0.1, -0.05) is 54.9 Å². The molecule has 1 amide bonds. The number of amides is 1. The summed E-state index contributed by atoms with van der Waals surface area (Å²) >= 11 is 8.04. The van der Waals surface area contributed by atoms with Gasteiger partial charge in [0.15, 0.2) is 0 Å². The number of allylic oxidation sites excluding steroid dienone is 2. The summed E-state index contributed by atoms with van der Waals surface area (Å²) in [6.07, 6.45) is 0. The van der Waals surface area contributed by atoms with Crippen molar-refractivity contribution in [2.45, 2.75) is 26.7 Å². The summed E-state index contributed by atoms with van der Waals surface area (Å²) in [4.78, 5) is 13.4. The highest BCUT2D eigenvalue weighted by Crippen LogP contribution is 2.43. The SMILES string of the molecule is CCSC1=C(C#N)[C@@H](c2ccccc2Cl)C(C(=O)Nc2ccccc2C)=C(C)N1. The summed E-state index contributed by atoms with van der Waals surface area (Å²) in [6, 6.07) is 17.3. The fourth-order valence-corrected chi connectivity index (χ4v) is 4.47. The lowest BCUT2D eigenvalue weighted by Crippen LogP contribution is -2.31. The third kappa shape index (κ3) is 4.34. The number of aryl methyl sites for hydroxylation is 1. The lowest BCUT2D eigenvalue weighted by molar-refractivity contribution is -0.113. The number of dihydropyridines is 1. The Balaban J connectivity index is 2.12. The van der Waals surface area contributed by atoms with Crippen LogP contribution in [-0.2, 0) is 4.79 Å². The molecule has 1 heterocycles. The van der Waals surface area contributed by atoms with E-state index in [-0.39, 0.29) is 5.91 Å². The predicted octanol–water partition coefficient (Wildman–Crippen LogP) is 5.74. The molecule has 148 valence electrons. The molecule has 29 heavy (non-hydrogen) atoms. The van der Waals surface area contributed by atoms with Crippen LogP contribution in [0.25, 0.3) is 0 Å². The van der Waals surface area contributed by atoms with Gasteiger partial charge in [-0.2, -0.15) is 5.26 Å². The van der Waals surface area contributed by atoms with Crippen LogP contribution in [0.3, 0.4) is 0 Å². The van der Waals surface area contributed by atoms with Gasteiger partial charge in [0.1, 0.15) is 0 Å². The maximum atomic E-state index is 13.4. The third-order valence-electron chi connectivity index (χ3n) is 4.79. The zero-order chi connectivity index (χ0) is 21.0. The predicted molar refractivity (Wildman–Crippen MR) is 121 cm³/mol. The van der Waals surface area contributed by atoms with E-state index in [1.54, 1.807) is 17.8 Å².